The Bertz CT molecular complexity index is 788. The largest absolute Gasteiger partial charge is 0.378 e. The molecule has 0 unspecified atom stereocenters. The number of methoxy groups -OCH3 is 1. The molecule has 1 aromatic heterocycles. The molecule has 0 spiro atoms. The smallest absolute Gasteiger partial charge is 0.254 e. The summed E-state index contributed by atoms with van der Waals surface area (Å²) in [6.07, 6.45) is 0.644. The Hall–Kier alpha value is -1.98. The fraction of sp³-hybridized carbons (Fsp3) is 0.474. The Morgan fingerprint density at radius 2 is 2.08 bits per heavy atom. The monoisotopic (exact) mass is 327 g/mol. The van der Waals surface area contributed by atoms with Gasteiger partial charge in [-0.25, -0.2) is 0 Å². The Morgan fingerprint density at radius 3 is 2.79 bits per heavy atom. The number of rotatable bonds is 2. The lowest BCUT2D eigenvalue weighted by molar-refractivity contribution is 0.0163. The second-order valence-corrected chi connectivity index (χ2v) is 6.69. The lowest BCUT2D eigenvalue weighted by Gasteiger charge is -2.36. The molecule has 2 aromatic rings. The maximum absolute atomic E-state index is 13.1. The van der Waals surface area contributed by atoms with E-state index in [1.807, 2.05) is 24.0 Å². The lowest BCUT2D eigenvalue weighted by atomic mass is 9.98. The molecular weight excluding hydrogens is 302 g/mol. The lowest BCUT2D eigenvalue weighted by Crippen LogP contribution is -2.53. The van der Waals surface area contributed by atoms with Crippen molar-refractivity contribution in [3.05, 3.63) is 40.6 Å². The summed E-state index contributed by atoms with van der Waals surface area (Å²) in [6, 6.07) is 5.92. The number of pyridine rings is 1. The summed E-state index contributed by atoms with van der Waals surface area (Å²) in [6.45, 7) is 7.24. The Kier molecular flexibility index (Phi) is 4.56. The number of carbonyl (C=O) groups excluding carboxylic acids is 1. The number of amides is 1. The molecule has 0 aliphatic carbocycles. The maximum atomic E-state index is 13.1. The van der Waals surface area contributed by atoms with Gasteiger partial charge in [-0.15, -0.1) is 0 Å². The molecule has 0 bridgehead atoms. The van der Waals surface area contributed by atoms with Crippen molar-refractivity contribution in [2.45, 2.75) is 39.3 Å². The molecule has 5 nitrogen and oxygen atoms in total. The summed E-state index contributed by atoms with van der Waals surface area (Å²) in [7, 11) is 1.65. The molecule has 1 aliphatic rings. The Balaban J connectivity index is 2.03. The number of hydrogen-bond donors (Lipinski definition) is 1. The Labute approximate surface area is 142 Å². The highest BCUT2D eigenvalue weighted by molar-refractivity contribution is 6.07. The molecule has 1 amide bonds. The van der Waals surface area contributed by atoms with Crippen LogP contribution >= 0.6 is 0 Å². The molecule has 3 rings (SSSR count). The second kappa shape index (κ2) is 6.49. The zero-order valence-electron chi connectivity index (χ0n) is 14.8. The van der Waals surface area contributed by atoms with Gasteiger partial charge in [0.05, 0.1) is 17.2 Å². The van der Waals surface area contributed by atoms with Gasteiger partial charge in [-0.2, -0.15) is 0 Å². The minimum atomic E-state index is -0.110. The molecule has 2 N–H and O–H groups in total. The van der Waals surface area contributed by atoms with Gasteiger partial charge in [-0.05, 0) is 44.4 Å². The Morgan fingerprint density at radius 1 is 1.33 bits per heavy atom. The van der Waals surface area contributed by atoms with E-state index < -0.39 is 0 Å². The number of benzene rings is 1. The quantitative estimate of drug-likeness (QED) is 0.919. The van der Waals surface area contributed by atoms with Crippen molar-refractivity contribution in [1.29, 1.82) is 0 Å². The average molecular weight is 327 g/mol. The van der Waals surface area contributed by atoms with Crippen LogP contribution < -0.4 is 5.73 Å². The number of nitrogens with zero attached hydrogens (tertiary/aromatic N) is 2. The van der Waals surface area contributed by atoms with Crippen molar-refractivity contribution >= 4 is 16.8 Å². The van der Waals surface area contributed by atoms with Crippen molar-refractivity contribution in [2.24, 2.45) is 5.73 Å². The van der Waals surface area contributed by atoms with Crippen molar-refractivity contribution in [2.75, 3.05) is 20.2 Å². The number of piperidine rings is 1. The summed E-state index contributed by atoms with van der Waals surface area (Å²) in [5.41, 5.74) is 10.9. The van der Waals surface area contributed by atoms with Gasteiger partial charge >= 0.3 is 0 Å². The van der Waals surface area contributed by atoms with Crippen LogP contribution in [0.2, 0.25) is 0 Å². The van der Waals surface area contributed by atoms with E-state index in [0.29, 0.717) is 18.7 Å². The van der Waals surface area contributed by atoms with E-state index in [1.165, 1.54) is 5.56 Å². The number of aryl methyl sites for hydroxylation is 3. The number of hydrogen-bond acceptors (Lipinski definition) is 4. The predicted molar refractivity (Wildman–Crippen MR) is 95.2 cm³/mol. The SMILES string of the molecule is CO[C@@H]1CN(C(=O)c2cc(C)nc3c(C)c(C)ccc23)CC[C@@H]1N. The fourth-order valence-electron chi connectivity index (χ4n) is 3.37. The standard InChI is InChI=1S/C19H25N3O2/c1-11-5-6-14-15(9-12(2)21-18(14)13(11)3)19(23)22-8-7-16(20)17(10-22)24-4/h5-6,9,16-17H,7-8,10,20H2,1-4H3/t16-,17+/m0/s1. The fourth-order valence-corrected chi connectivity index (χ4v) is 3.37. The van der Waals surface area contributed by atoms with Gasteiger partial charge in [0.15, 0.2) is 0 Å². The van der Waals surface area contributed by atoms with Gasteiger partial charge < -0.3 is 15.4 Å². The van der Waals surface area contributed by atoms with E-state index in [9.17, 15) is 4.79 Å². The summed E-state index contributed by atoms with van der Waals surface area (Å²) in [5, 5.41) is 0.914. The second-order valence-electron chi connectivity index (χ2n) is 6.69. The van der Waals surface area contributed by atoms with Gasteiger partial charge in [0.25, 0.3) is 5.91 Å². The molecule has 128 valence electrons. The van der Waals surface area contributed by atoms with Crippen molar-refractivity contribution in [3.63, 3.8) is 0 Å². The third-order valence-electron chi connectivity index (χ3n) is 5.06. The maximum Gasteiger partial charge on any atom is 0.254 e. The first kappa shape index (κ1) is 16.9. The first-order chi connectivity index (χ1) is 11.4. The number of ether oxygens (including phenoxy) is 1. The first-order valence-corrected chi connectivity index (χ1v) is 8.37. The molecule has 1 fully saturated rings. The number of carbonyl (C=O) groups is 1. The highest BCUT2D eigenvalue weighted by atomic mass is 16.5. The number of aromatic nitrogens is 1. The summed E-state index contributed by atoms with van der Waals surface area (Å²) < 4.78 is 5.43. The highest BCUT2D eigenvalue weighted by Gasteiger charge is 2.30. The minimum Gasteiger partial charge on any atom is -0.378 e. The van der Waals surface area contributed by atoms with Gasteiger partial charge in [0.2, 0.25) is 0 Å². The minimum absolute atomic E-state index is 0.0140. The number of likely N-dealkylation sites (tertiary alicyclic amines) is 1. The summed E-state index contributed by atoms with van der Waals surface area (Å²) in [4.78, 5) is 19.6. The van der Waals surface area contributed by atoms with Crippen LogP contribution in [0.3, 0.4) is 0 Å². The molecule has 0 saturated carbocycles. The van der Waals surface area contributed by atoms with E-state index in [0.717, 1.165) is 28.6 Å². The summed E-state index contributed by atoms with van der Waals surface area (Å²) in [5.74, 6) is 0.0303. The zero-order valence-corrected chi connectivity index (χ0v) is 14.8. The molecule has 0 radical (unpaired) electrons. The number of nitrogens with two attached hydrogens (primary N) is 1. The molecule has 1 saturated heterocycles. The van der Waals surface area contributed by atoms with E-state index in [1.54, 1.807) is 7.11 Å². The van der Waals surface area contributed by atoms with E-state index in [2.05, 4.69) is 24.9 Å². The molecule has 24 heavy (non-hydrogen) atoms. The van der Waals surface area contributed by atoms with Crippen molar-refractivity contribution in [3.8, 4) is 0 Å². The molecular formula is C19H25N3O2. The van der Waals surface area contributed by atoms with Gasteiger partial charge in [-0.3, -0.25) is 9.78 Å². The van der Waals surface area contributed by atoms with Crippen LogP contribution in [0.4, 0.5) is 0 Å². The average Bonchev–Trinajstić information content (AvgIpc) is 2.57. The zero-order chi connectivity index (χ0) is 17.4. The van der Waals surface area contributed by atoms with Gasteiger partial charge in [0.1, 0.15) is 0 Å². The van der Waals surface area contributed by atoms with Gasteiger partial charge in [0, 0.05) is 37.3 Å². The molecule has 2 atom stereocenters. The molecule has 2 heterocycles. The van der Waals surface area contributed by atoms with E-state index in [4.69, 9.17) is 10.5 Å². The van der Waals surface area contributed by atoms with Crippen LogP contribution in [-0.4, -0.2) is 48.1 Å². The van der Waals surface area contributed by atoms with Crippen LogP contribution in [0, 0.1) is 20.8 Å². The predicted octanol–water partition coefficient (Wildman–Crippen LogP) is 2.35. The van der Waals surface area contributed by atoms with Crippen LogP contribution in [0.25, 0.3) is 10.9 Å². The highest BCUT2D eigenvalue weighted by Crippen LogP contribution is 2.26. The molecule has 1 aliphatic heterocycles. The summed E-state index contributed by atoms with van der Waals surface area (Å²) >= 11 is 0. The first-order valence-electron chi connectivity index (χ1n) is 8.37. The topological polar surface area (TPSA) is 68.5 Å². The van der Waals surface area contributed by atoms with Crippen molar-refractivity contribution < 1.29 is 9.53 Å². The third kappa shape index (κ3) is 2.89. The van der Waals surface area contributed by atoms with Gasteiger partial charge in [-0.1, -0.05) is 12.1 Å². The number of fused-ring (bicyclic) bond motifs is 1. The van der Waals surface area contributed by atoms with E-state index >= 15 is 0 Å². The van der Waals surface area contributed by atoms with E-state index in [-0.39, 0.29) is 18.1 Å². The van der Waals surface area contributed by atoms with Crippen LogP contribution in [0.5, 0.6) is 0 Å². The van der Waals surface area contributed by atoms with Crippen LogP contribution in [-0.2, 0) is 4.74 Å². The molecule has 5 heteroatoms. The van der Waals surface area contributed by atoms with Crippen molar-refractivity contribution in [1.82, 2.24) is 9.88 Å². The van der Waals surface area contributed by atoms with Crippen LogP contribution in [0.15, 0.2) is 18.2 Å². The van der Waals surface area contributed by atoms with Crippen LogP contribution in [0.1, 0.15) is 33.6 Å². The normalized spacial score (nSPS) is 21.3. The third-order valence-corrected chi connectivity index (χ3v) is 5.06. The molecule has 1 aromatic carbocycles.